The molecule has 0 bridgehead atoms. The van der Waals surface area contributed by atoms with Crippen LogP contribution in [0.1, 0.15) is 29.0 Å². The number of nitrogens with zero attached hydrogens (tertiary/aromatic N) is 2. The zero-order valence-corrected chi connectivity index (χ0v) is 11.1. The van der Waals surface area contributed by atoms with Crippen molar-refractivity contribution in [3.8, 4) is 0 Å². The van der Waals surface area contributed by atoms with Crippen LogP contribution in [-0.4, -0.2) is 49.4 Å². The maximum absolute atomic E-state index is 11.6. The zero-order valence-electron chi connectivity index (χ0n) is 11.1. The van der Waals surface area contributed by atoms with Gasteiger partial charge in [0.25, 0.3) is 0 Å². The topological polar surface area (TPSA) is 64.8 Å². The van der Waals surface area contributed by atoms with Gasteiger partial charge in [0.1, 0.15) is 5.56 Å². The molecule has 2 aliphatic rings. The van der Waals surface area contributed by atoms with Crippen LogP contribution in [0.5, 0.6) is 0 Å². The van der Waals surface area contributed by atoms with Crippen LogP contribution in [0.15, 0.2) is 10.7 Å². The van der Waals surface area contributed by atoms with Crippen LogP contribution in [0.4, 0.5) is 0 Å². The van der Waals surface area contributed by atoms with Gasteiger partial charge < -0.3 is 14.0 Å². The minimum Gasteiger partial charge on any atom is -0.465 e. The molecule has 6 heteroatoms. The van der Waals surface area contributed by atoms with Gasteiger partial charge >= 0.3 is 5.97 Å². The van der Waals surface area contributed by atoms with Crippen molar-refractivity contribution in [1.29, 1.82) is 0 Å². The van der Waals surface area contributed by atoms with E-state index >= 15 is 0 Å². The SMILES string of the molecule is COC(=O)c1cnoc1CN1CCOCC2(CC2)C1. The summed E-state index contributed by atoms with van der Waals surface area (Å²) < 4.78 is 15.5. The third-order valence-corrected chi connectivity index (χ3v) is 3.89. The fourth-order valence-electron chi connectivity index (χ4n) is 2.55. The minimum atomic E-state index is -0.400. The van der Waals surface area contributed by atoms with Crippen LogP contribution in [-0.2, 0) is 16.0 Å². The standard InChI is InChI=1S/C13H18N2O4/c1-17-12(16)10-6-14-19-11(10)7-15-4-5-18-9-13(8-15)2-3-13/h6H,2-5,7-9H2,1H3. The van der Waals surface area contributed by atoms with Crippen molar-refractivity contribution in [2.75, 3.05) is 33.4 Å². The second-order valence-electron chi connectivity index (χ2n) is 5.42. The molecule has 2 heterocycles. The van der Waals surface area contributed by atoms with Crippen LogP contribution in [0, 0.1) is 5.41 Å². The third-order valence-electron chi connectivity index (χ3n) is 3.89. The van der Waals surface area contributed by atoms with E-state index < -0.39 is 5.97 Å². The molecule has 0 N–H and O–H groups in total. The Bertz CT molecular complexity index is 467. The van der Waals surface area contributed by atoms with Crippen molar-refractivity contribution in [3.63, 3.8) is 0 Å². The van der Waals surface area contributed by atoms with Crippen LogP contribution >= 0.6 is 0 Å². The van der Waals surface area contributed by atoms with Gasteiger partial charge in [-0.15, -0.1) is 0 Å². The van der Waals surface area contributed by atoms with E-state index in [0.29, 0.717) is 23.3 Å². The lowest BCUT2D eigenvalue weighted by Crippen LogP contribution is -2.30. The second kappa shape index (κ2) is 4.94. The Kier molecular flexibility index (Phi) is 3.28. The average molecular weight is 266 g/mol. The number of methoxy groups -OCH3 is 1. The van der Waals surface area contributed by atoms with E-state index in [4.69, 9.17) is 14.0 Å². The molecular formula is C13H18N2O4. The summed E-state index contributed by atoms with van der Waals surface area (Å²) in [5.74, 6) is 0.174. The molecule has 1 spiro atoms. The lowest BCUT2D eigenvalue weighted by atomic mass is 10.1. The number of hydrogen-bond donors (Lipinski definition) is 0. The molecule has 3 rings (SSSR count). The summed E-state index contributed by atoms with van der Waals surface area (Å²) in [5.41, 5.74) is 0.750. The molecule has 1 aromatic rings. The quantitative estimate of drug-likeness (QED) is 0.763. The molecule has 1 aliphatic heterocycles. The molecule has 6 nitrogen and oxygen atoms in total. The first-order valence-corrected chi connectivity index (χ1v) is 6.54. The number of aromatic nitrogens is 1. The molecule has 1 aromatic heterocycles. The van der Waals surface area contributed by atoms with Gasteiger partial charge in [-0.2, -0.15) is 0 Å². The van der Waals surface area contributed by atoms with Gasteiger partial charge in [0.15, 0.2) is 5.76 Å². The molecule has 0 unspecified atom stereocenters. The monoisotopic (exact) mass is 266 g/mol. The molecule has 1 saturated carbocycles. The predicted octanol–water partition coefficient (Wildman–Crippen LogP) is 1.07. The predicted molar refractivity (Wildman–Crippen MR) is 65.6 cm³/mol. The number of ether oxygens (including phenoxy) is 2. The van der Waals surface area contributed by atoms with Crippen molar-refractivity contribution < 1.29 is 18.8 Å². The first-order valence-electron chi connectivity index (χ1n) is 6.54. The van der Waals surface area contributed by atoms with Gasteiger partial charge in [-0.3, -0.25) is 4.90 Å². The van der Waals surface area contributed by atoms with Gasteiger partial charge in [0.05, 0.1) is 33.1 Å². The summed E-state index contributed by atoms with van der Waals surface area (Å²) in [5, 5.41) is 3.70. The highest BCUT2D eigenvalue weighted by Crippen LogP contribution is 2.47. The van der Waals surface area contributed by atoms with Crippen molar-refractivity contribution in [2.45, 2.75) is 19.4 Å². The van der Waals surface area contributed by atoms with E-state index in [-0.39, 0.29) is 0 Å². The first-order chi connectivity index (χ1) is 9.22. The maximum atomic E-state index is 11.6. The Hall–Kier alpha value is -1.40. The van der Waals surface area contributed by atoms with Crippen molar-refractivity contribution in [1.82, 2.24) is 10.1 Å². The van der Waals surface area contributed by atoms with Gasteiger partial charge in [-0.25, -0.2) is 4.79 Å². The fourth-order valence-corrected chi connectivity index (χ4v) is 2.55. The minimum absolute atomic E-state index is 0.335. The molecule has 0 amide bonds. The smallest absolute Gasteiger partial charge is 0.343 e. The highest BCUT2D eigenvalue weighted by Gasteiger charge is 2.45. The van der Waals surface area contributed by atoms with Crippen molar-refractivity contribution in [3.05, 3.63) is 17.5 Å². The lowest BCUT2D eigenvalue weighted by molar-refractivity contribution is 0.0596. The van der Waals surface area contributed by atoms with Crippen LogP contribution in [0.25, 0.3) is 0 Å². The first kappa shape index (κ1) is 12.6. The van der Waals surface area contributed by atoms with E-state index in [1.165, 1.54) is 26.1 Å². The summed E-state index contributed by atoms with van der Waals surface area (Å²) >= 11 is 0. The molecule has 1 saturated heterocycles. The van der Waals surface area contributed by atoms with Gasteiger partial charge in [-0.1, -0.05) is 5.16 Å². The molecule has 0 atom stereocenters. The molecule has 2 fully saturated rings. The highest BCUT2D eigenvalue weighted by molar-refractivity contribution is 5.89. The van der Waals surface area contributed by atoms with Gasteiger partial charge in [-0.05, 0) is 12.8 Å². The highest BCUT2D eigenvalue weighted by atomic mass is 16.5. The Morgan fingerprint density at radius 2 is 2.42 bits per heavy atom. The number of carbonyl (C=O) groups is 1. The van der Waals surface area contributed by atoms with Crippen molar-refractivity contribution in [2.24, 2.45) is 5.41 Å². The van der Waals surface area contributed by atoms with E-state index in [1.807, 2.05) is 0 Å². The molecular weight excluding hydrogens is 248 g/mol. The molecule has 104 valence electrons. The fraction of sp³-hybridized carbons (Fsp3) is 0.692. The summed E-state index contributed by atoms with van der Waals surface area (Å²) in [6.07, 6.45) is 3.87. The summed E-state index contributed by atoms with van der Waals surface area (Å²) in [4.78, 5) is 13.9. The maximum Gasteiger partial charge on any atom is 0.343 e. The summed E-state index contributed by atoms with van der Waals surface area (Å²) in [6.45, 7) is 4.00. The molecule has 19 heavy (non-hydrogen) atoms. The number of esters is 1. The number of carbonyl (C=O) groups excluding carboxylic acids is 1. The van der Waals surface area contributed by atoms with Crippen LogP contribution in [0.3, 0.4) is 0 Å². The lowest BCUT2D eigenvalue weighted by Gasteiger charge is -2.21. The van der Waals surface area contributed by atoms with E-state index in [1.54, 1.807) is 0 Å². The largest absolute Gasteiger partial charge is 0.465 e. The average Bonchev–Trinajstić information content (AvgIpc) is 3.08. The van der Waals surface area contributed by atoms with Crippen LogP contribution < -0.4 is 0 Å². The van der Waals surface area contributed by atoms with Crippen molar-refractivity contribution >= 4 is 5.97 Å². The molecule has 0 aromatic carbocycles. The second-order valence-corrected chi connectivity index (χ2v) is 5.42. The van der Waals surface area contributed by atoms with E-state index in [9.17, 15) is 4.79 Å². The molecule has 0 radical (unpaired) electrons. The molecule has 1 aliphatic carbocycles. The summed E-state index contributed by atoms with van der Waals surface area (Å²) in [7, 11) is 1.36. The Morgan fingerprint density at radius 1 is 1.58 bits per heavy atom. The Labute approximate surface area is 111 Å². The van der Waals surface area contributed by atoms with Crippen LogP contribution in [0.2, 0.25) is 0 Å². The van der Waals surface area contributed by atoms with Gasteiger partial charge in [0.2, 0.25) is 0 Å². The Morgan fingerprint density at radius 3 is 3.16 bits per heavy atom. The van der Waals surface area contributed by atoms with Gasteiger partial charge in [0, 0.05) is 18.5 Å². The summed E-state index contributed by atoms with van der Waals surface area (Å²) in [6, 6.07) is 0. The Balaban J connectivity index is 1.70. The zero-order chi connectivity index (χ0) is 13.3. The number of hydrogen-bond acceptors (Lipinski definition) is 6. The number of rotatable bonds is 3. The normalized spacial score (nSPS) is 22.2. The third kappa shape index (κ3) is 2.64. The van der Waals surface area contributed by atoms with E-state index in [0.717, 1.165) is 26.3 Å². The van der Waals surface area contributed by atoms with E-state index in [2.05, 4.69) is 10.1 Å².